The van der Waals surface area contributed by atoms with Crippen LogP contribution < -0.4 is 5.73 Å². The fourth-order valence-corrected chi connectivity index (χ4v) is 2.77. The Kier molecular flexibility index (Phi) is 2.74. The van der Waals surface area contributed by atoms with Gasteiger partial charge in [-0.3, -0.25) is 10.1 Å². The first-order valence-electron chi connectivity index (χ1n) is 6.61. The quantitative estimate of drug-likeness (QED) is 0.672. The molecule has 0 atom stereocenters. The Bertz CT molecular complexity index is 718. The van der Waals surface area contributed by atoms with E-state index in [4.69, 9.17) is 5.73 Å². The van der Waals surface area contributed by atoms with Crippen LogP contribution in [0.3, 0.4) is 0 Å². The summed E-state index contributed by atoms with van der Waals surface area (Å²) in [6.07, 6.45) is 2.79. The Morgan fingerprint density at radius 3 is 2.70 bits per heavy atom. The van der Waals surface area contributed by atoms with Gasteiger partial charge in [-0.1, -0.05) is 0 Å². The lowest BCUT2D eigenvalue weighted by Gasteiger charge is -2.09. The van der Waals surface area contributed by atoms with Crippen molar-refractivity contribution in [3.05, 3.63) is 44.6 Å². The second kappa shape index (κ2) is 4.33. The van der Waals surface area contributed by atoms with E-state index in [0.29, 0.717) is 11.5 Å². The van der Waals surface area contributed by atoms with Crippen molar-refractivity contribution in [2.24, 2.45) is 0 Å². The highest BCUT2D eigenvalue weighted by atomic mass is 16.6. The number of aryl methyl sites for hydroxylation is 2. The van der Waals surface area contributed by atoms with Crippen LogP contribution >= 0.6 is 0 Å². The molecule has 0 saturated carbocycles. The average Bonchev–Trinajstić information content (AvgIpc) is 2.96. The molecule has 2 aromatic rings. The van der Waals surface area contributed by atoms with Gasteiger partial charge in [0, 0.05) is 17.3 Å². The molecule has 0 saturated heterocycles. The van der Waals surface area contributed by atoms with Crippen LogP contribution in [-0.2, 0) is 12.8 Å². The lowest BCUT2D eigenvalue weighted by molar-refractivity contribution is -0.384. The number of aromatic nitrogens is 2. The van der Waals surface area contributed by atoms with Gasteiger partial charge in [-0.2, -0.15) is 0 Å². The van der Waals surface area contributed by atoms with Crippen molar-refractivity contribution >= 4 is 11.5 Å². The summed E-state index contributed by atoms with van der Waals surface area (Å²) in [6.45, 7) is 3.81. The third-order valence-electron chi connectivity index (χ3n) is 3.98. The van der Waals surface area contributed by atoms with Gasteiger partial charge in [0.15, 0.2) is 0 Å². The third kappa shape index (κ3) is 1.76. The SMILES string of the molecule is Cc1cc(-n2nc(N)c3c2CCC3)c([N+](=O)[O-])cc1C. The summed E-state index contributed by atoms with van der Waals surface area (Å²) in [6, 6.07) is 3.42. The van der Waals surface area contributed by atoms with E-state index in [-0.39, 0.29) is 10.6 Å². The summed E-state index contributed by atoms with van der Waals surface area (Å²) in [4.78, 5) is 10.9. The van der Waals surface area contributed by atoms with Crippen molar-refractivity contribution in [2.45, 2.75) is 33.1 Å². The number of fused-ring (bicyclic) bond motifs is 1. The van der Waals surface area contributed by atoms with Crippen LogP contribution in [-0.4, -0.2) is 14.7 Å². The van der Waals surface area contributed by atoms with Crippen LogP contribution in [0.5, 0.6) is 0 Å². The highest BCUT2D eigenvalue weighted by Gasteiger charge is 2.26. The average molecular weight is 272 g/mol. The molecule has 3 rings (SSSR count). The number of nitro benzene ring substituents is 1. The van der Waals surface area contributed by atoms with E-state index in [1.54, 1.807) is 10.7 Å². The minimum absolute atomic E-state index is 0.0744. The Hall–Kier alpha value is -2.37. The molecule has 1 aliphatic carbocycles. The maximum Gasteiger partial charge on any atom is 0.295 e. The first-order valence-corrected chi connectivity index (χ1v) is 6.61. The summed E-state index contributed by atoms with van der Waals surface area (Å²) in [7, 11) is 0. The molecule has 6 nitrogen and oxygen atoms in total. The van der Waals surface area contributed by atoms with E-state index < -0.39 is 0 Å². The van der Waals surface area contributed by atoms with Crippen LogP contribution in [0.15, 0.2) is 12.1 Å². The normalized spacial score (nSPS) is 13.5. The Labute approximate surface area is 116 Å². The monoisotopic (exact) mass is 272 g/mol. The fraction of sp³-hybridized carbons (Fsp3) is 0.357. The minimum atomic E-state index is -0.360. The van der Waals surface area contributed by atoms with Gasteiger partial charge in [0.25, 0.3) is 5.69 Å². The summed E-state index contributed by atoms with van der Waals surface area (Å²) in [5, 5.41) is 15.6. The van der Waals surface area contributed by atoms with Crippen molar-refractivity contribution in [3.63, 3.8) is 0 Å². The Morgan fingerprint density at radius 1 is 1.30 bits per heavy atom. The molecule has 1 aromatic heterocycles. The van der Waals surface area contributed by atoms with Crippen LogP contribution in [0.2, 0.25) is 0 Å². The van der Waals surface area contributed by atoms with Crippen molar-refractivity contribution in [1.29, 1.82) is 0 Å². The minimum Gasteiger partial charge on any atom is -0.382 e. The van der Waals surface area contributed by atoms with Crippen LogP contribution in [0, 0.1) is 24.0 Å². The predicted molar refractivity (Wildman–Crippen MR) is 76.1 cm³/mol. The molecule has 6 heteroatoms. The molecule has 0 spiro atoms. The molecule has 0 fully saturated rings. The number of benzene rings is 1. The molecule has 0 bridgehead atoms. The Balaban J connectivity index is 2.27. The van der Waals surface area contributed by atoms with Gasteiger partial charge in [0.2, 0.25) is 0 Å². The molecular formula is C14H16N4O2. The standard InChI is InChI=1S/C14H16N4O2/c1-8-6-12(13(18(19)20)7-9(8)2)17-11-5-3-4-10(11)14(15)16-17/h6-7H,3-5H2,1-2H3,(H2,15,16). The summed E-state index contributed by atoms with van der Waals surface area (Å²) < 4.78 is 1.65. The van der Waals surface area contributed by atoms with Crippen molar-refractivity contribution in [2.75, 3.05) is 5.73 Å². The van der Waals surface area contributed by atoms with Gasteiger partial charge in [0.05, 0.1) is 4.92 Å². The second-order valence-electron chi connectivity index (χ2n) is 5.26. The highest BCUT2D eigenvalue weighted by Crippen LogP contribution is 2.33. The van der Waals surface area contributed by atoms with Gasteiger partial charge < -0.3 is 5.73 Å². The van der Waals surface area contributed by atoms with Gasteiger partial charge in [0.1, 0.15) is 11.5 Å². The maximum atomic E-state index is 11.3. The van der Waals surface area contributed by atoms with E-state index in [1.165, 1.54) is 0 Å². The zero-order chi connectivity index (χ0) is 14.4. The molecule has 0 unspecified atom stereocenters. The largest absolute Gasteiger partial charge is 0.382 e. The molecule has 1 aliphatic rings. The topological polar surface area (TPSA) is 87.0 Å². The van der Waals surface area contributed by atoms with Crippen LogP contribution in [0.25, 0.3) is 5.69 Å². The second-order valence-corrected chi connectivity index (χ2v) is 5.26. The molecule has 2 N–H and O–H groups in total. The molecule has 104 valence electrons. The molecule has 0 amide bonds. The number of rotatable bonds is 2. The van der Waals surface area contributed by atoms with E-state index in [2.05, 4.69) is 5.10 Å². The number of anilines is 1. The number of hydrogen-bond donors (Lipinski definition) is 1. The first kappa shape index (κ1) is 12.7. The van der Waals surface area contributed by atoms with Crippen LogP contribution in [0.1, 0.15) is 28.8 Å². The van der Waals surface area contributed by atoms with Crippen molar-refractivity contribution in [3.8, 4) is 5.69 Å². The summed E-state index contributed by atoms with van der Waals surface area (Å²) >= 11 is 0. The zero-order valence-corrected chi connectivity index (χ0v) is 11.5. The number of hydrogen-bond acceptors (Lipinski definition) is 4. The number of nitrogens with two attached hydrogens (primary N) is 1. The van der Waals surface area contributed by atoms with E-state index >= 15 is 0 Å². The van der Waals surface area contributed by atoms with E-state index in [0.717, 1.165) is 41.6 Å². The van der Waals surface area contributed by atoms with E-state index in [9.17, 15) is 10.1 Å². The molecule has 1 aromatic carbocycles. The first-order chi connectivity index (χ1) is 9.49. The maximum absolute atomic E-state index is 11.3. The highest BCUT2D eigenvalue weighted by molar-refractivity contribution is 5.59. The van der Waals surface area contributed by atoms with Gasteiger partial charge in [-0.25, -0.2) is 4.68 Å². The van der Waals surface area contributed by atoms with E-state index in [1.807, 2.05) is 19.9 Å². The van der Waals surface area contributed by atoms with Gasteiger partial charge in [-0.05, 0) is 50.3 Å². The van der Waals surface area contributed by atoms with Gasteiger partial charge >= 0.3 is 0 Å². The fourth-order valence-electron chi connectivity index (χ4n) is 2.77. The molecule has 0 radical (unpaired) electrons. The zero-order valence-electron chi connectivity index (χ0n) is 11.5. The number of nitro groups is 1. The van der Waals surface area contributed by atoms with Gasteiger partial charge in [-0.15, -0.1) is 5.10 Å². The van der Waals surface area contributed by atoms with Crippen molar-refractivity contribution < 1.29 is 4.92 Å². The molecule has 20 heavy (non-hydrogen) atoms. The number of nitrogen functional groups attached to an aromatic ring is 1. The molecule has 1 heterocycles. The van der Waals surface area contributed by atoms with Crippen molar-refractivity contribution in [1.82, 2.24) is 9.78 Å². The summed E-state index contributed by atoms with van der Waals surface area (Å²) in [5.41, 5.74) is 10.5. The Morgan fingerprint density at radius 2 is 2.00 bits per heavy atom. The van der Waals surface area contributed by atoms with Crippen LogP contribution in [0.4, 0.5) is 11.5 Å². The third-order valence-corrected chi connectivity index (χ3v) is 3.98. The molecule has 0 aliphatic heterocycles. The predicted octanol–water partition coefficient (Wildman–Crippen LogP) is 2.47. The number of nitrogens with zero attached hydrogens (tertiary/aromatic N) is 3. The lowest BCUT2D eigenvalue weighted by atomic mass is 10.1. The lowest BCUT2D eigenvalue weighted by Crippen LogP contribution is -2.06. The molecular weight excluding hydrogens is 256 g/mol. The smallest absolute Gasteiger partial charge is 0.295 e. The summed E-state index contributed by atoms with van der Waals surface area (Å²) in [5.74, 6) is 0.491.